The van der Waals surface area contributed by atoms with Crippen LogP contribution in [-0.4, -0.2) is 20.3 Å². The molecule has 94 valence electrons. The summed E-state index contributed by atoms with van der Waals surface area (Å²) < 4.78 is 10.5. The van der Waals surface area contributed by atoms with Gasteiger partial charge in [-0.2, -0.15) is 0 Å². The molecule has 0 amide bonds. The number of allylic oxidation sites excluding steroid dienone is 1. The Morgan fingerprint density at radius 3 is 2.71 bits per heavy atom. The molecule has 1 atom stereocenters. The molecule has 0 aliphatic carbocycles. The Balaban J connectivity index is 2.60. The van der Waals surface area contributed by atoms with Gasteiger partial charge in [0.05, 0.1) is 13.2 Å². The normalized spacial score (nSPS) is 12.9. The fourth-order valence-electron chi connectivity index (χ4n) is 1.64. The van der Waals surface area contributed by atoms with Crippen LogP contribution in [0.1, 0.15) is 30.9 Å². The highest BCUT2D eigenvalue weighted by Crippen LogP contribution is 2.21. The fraction of sp³-hybridized carbons (Fsp3) is 0.467. The number of rotatable bonds is 6. The molecule has 0 spiro atoms. The molecule has 1 rings (SSSR count). The van der Waals surface area contributed by atoms with E-state index in [-0.39, 0.29) is 0 Å². The lowest BCUT2D eigenvalue weighted by atomic mass is 10.1. The standard InChI is InChI=1S/C15H22O2/c1-12-9-10-15(17-4)14(11-12)8-6-5-7-13(2)16-3/h6,8-11,13H,5,7H2,1-4H3/b8-6+/t13-/m1/s1. The van der Waals surface area contributed by atoms with Gasteiger partial charge < -0.3 is 9.47 Å². The number of hydrogen-bond donors (Lipinski definition) is 0. The van der Waals surface area contributed by atoms with Gasteiger partial charge >= 0.3 is 0 Å². The molecule has 0 bridgehead atoms. The van der Waals surface area contributed by atoms with Gasteiger partial charge in [-0.1, -0.05) is 23.8 Å². The zero-order valence-electron chi connectivity index (χ0n) is 11.2. The molecule has 0 saturated heterocycles. The van der Waals surface area contributed by atoms with Crippen LogP contribution in [0.4, 0.5) is 0 Å². The van der Waals surface area contributed by atoms with Crippen molar-refractivity contribution in [1.82, 2.24) is 0 Å². The fourth-order valence-corrected chi connectivity index (χ4v) is 1.64. The third kappa shape index (κ3) is 4.61. The summed E-state index contributed by atoms with van der Waals surface area (Å²) in [6.07, 6.45) is 6.67. The Labute approximate surface area is 104 Å². The van der Waals surface area contributed by atoms with Crippen LogP contribution in [0.15, 0.2) is 24.3 Å². The third-order valence-corrected chi connectivity index (χ3v) is 2.82. The van der Waals surface area contributed by atoms with Crippen LogP contribution in [0.3, 0.4) is 0 Å². The molecule has 0 aromatic heterocycles. The second-order valence-corrected chi connectivity index (χ2v) is 4.27. The average molecular weight is 234 g/mol. The van der Waals surface area contributed by atoms with E-state index >= 15 is 0 Å². The zero-order chi connectivity index (χ0) is 12.7. The summed E-state index contributed by atoms with van der Waals surface area (Å²) >= 11 is 0. The first-order valence-corrected chi connectivity index (χ1v) is 6.01. The number of ether oxygens (including phenoxy) is 2. The summed E-state index contributed by atoms with van der Waals surface area (Å²) in [6, 6.07) is 6.20. The van der Waals surface area contributed by atoms with Crippen LogP contribution >= 0.6 is 0 Å². The molecule has 0 N–H and O–H groups in total. The SMILES string of the molecule is COc1ccc(C)cc1/C=C/CC[C@@H](C)OC. The summed E-state index contributed by atoms with van der Waals surface area (Å²) in [5.41, 5.74) is 2.38. The van der Waals surface area contributed by atoms with Gasteiger partial charge in [-0.15, -0.1) is 0 Å². The molecular formula is C15H22O2. The summed E-state index contributed by atoms with van der Waals surface area (Å²) in [6.45, 7) is 4.17. The van der Waals surface area contributed by atoms with Crippen LogP contribution in [0.5, 0.6) is 5.75 Å². The van der Waals surface area contributed by atoms with Crippen molar-refractivity contribution in [3.8, 4) is 5.75 Å². The molecule has 17 heavy (non-hydrogen) atoms. The van der Waals surface area contributed by atoms with Gasteiger partial charge in [-0.25, -0.2) is 0 Å². The van der Waals surface area contributed by atoms with E-state index in [0.717, 1.165) is 24.2 Å². The minimum absolute atomic E-state index is 0.319. The maximum Gasteiger partial charge on any atom is 0.126 e. The highest BCUT2D eigenvalue weighted by Gasteiger charge is 1.99. The predicted molar refractivity (Wildman–Crippen MR) is 72.5 cm³/mol. The zero-order valence-corrected chi connectivity index (χ0v) is 11.2. The van der Waals surface area contributed by atoms with Gasteiger partial charge in [0.25, 0.3) is 0 Å². The second-order valence-electron chi connectivity index (χ2n) is 4.27. The van der Waals surface area contributed by atoms with Crippen LogP contribution in [0, 0.1) is 6.92 Å². The van der Waals surface area contributed by atoms with E-state index in [2.05, 4.69) is 38.1 Å². The Morgan fingerprint density at radius 2 is 2.06 bits per heavy atom. The monoisotopic (exact) mass is 234 g/mol. The number of aryl methyl sites for hydroxylation is 1. The first-order valence-electron chi connectivity index (χ1n) is 6.01. The predicted octanol–water partition coefficient (Wildman–Crippen LogP) is 3.83. The van der Waals surface area contributed by atoms with E-state index < -0.39 is 0 Å². The van der Waals surface area contributed by atoms with Crippen molar-refractivity contribution in [2.75, 3.05) is 14.2 Å². The maximum absolute atomic E-state index is 5.32. The van der Waals surface area contributed by atoms with Crippen molar-refractivity contribution in [3.63, 3.8) is 0 Å². The Morgan fingerprint density at radius 1 is 1.29 bits per heavy atom. The lowest BCUT2D eigenvalue weighted by Gasteiger charge is -2.07. The Hall–Kier alpha value is -1.28. The van der Waals surface area contributed by atoms with E-state index in [1.807, 2.05) is 6.07 Å². The van der Waals surface area contributed by atoms with Crippen molar-refractivity contribution in [3.05, 3.63) is 35.4 Å². The van der Waals surface area contributed by atoms with Crippen molar-refractivity contribution in [2.24, 2.45) is 0 Å². The van der Waals surface area contributed by atoms with Crippen molar-refractivity contribution >= 4 is 6.08 Å². The molecule has 2 nitrogen and oxygen atoms in total. The maximum atomic E-state index is 5.32. The molecule has 0 aliphatic rings. The van der Waals surface area contributed by atoms with Crippen LogP contribution in [0.25, 0.3) is 6.08 Å². The van der Waals surface area contributed by atoms with Gasteiger partial charge in [0.15, 0.2) is 0 Å². The molecule has 0 radical (unpaired) electrons. The molecule has 2 heteroatoms. The van der Waals surface area contributed by atoms with Gasteiger partial charge in [0.2, 0.25) is 0 Å². The molecule has 0 fully saturated rings. The lowest BCUT2D eigenvalue weighted by molar-refractivity contribution is 0.112. The first kappa shape index (κ1) is 13.8. The molecule has 0 heterocycles. The number of benzene rings is 1. The summed E-state index contributed by atoms with van der Waals surface area (Å²) in [4.78, 5) is 0. The molecule has 0 saturated carbocycles. The number of hydrogen-bond acceptors (Lipinski definition) is 2. The Kier molecular flexibility index (Phi) is 5.78. The molecule has 0 aliphatic heterocycles. The summed E-state index contributed by atoms with van der Waals surface area (Å²) in [7, 11) is 3.45. The van der Waals surface area contributed by atoms with Gasteiger partial charge in [-0.05, 0) is 38.8 Å². The Bertz CT molecular complexity index is 369. The van der Waals surface area contributed by atoms with Crippen molar-refractivity contribution < 1.29 is 9.47 Å². The molecular weight excluding hydrogens is 212 g/mol. The van der Waals surface area contributed by atoms with Crippen LogP contribution < -0.4 is 4.74 Å². The minimum atomic E-state index is 0.319. The lowest BCUT2D eigenvalue weighted by Crippen LogP contribution is -2.02. The quantitative estimate of drug-likeness (QED) is 0.744. The average Bonchev–Trinajstić information content (AvgIpc) is 2.34. The minimum Gasteiger partial charge on any atom is -0.496 e. The van der Waals surface area contributed by atoms with Crippen LogP contribution in [-0.2, 0) is 4.74 Å². The van der Waals surface area contributed by atoms with Crippen molar-refractivity contribution in [1.29, 1.82) is 0 Å². The third-order valence-electron chi connectivity index (χ3n) is 2.82. The second kappa shape index (κ2) is 7.13. The van der Waals surface area contributed by atoms with Crippen LogP contribution in [0.2, 0.25) is 0 Å². The summed E-state index contributed by atoms with van der Waals surface area (Å²) in [5.74, 6) is 0.923. The van der Waals surface area contributed by atoms with Gasteiger partial charge in [0.1, 0.15) is 5.75 Å². The van der Waals surface area contributed by atoms with Gasteiger partial charge in [0, 0.05) is 12.7 Å². The van der Waals surface area contributed by atoms with E-state index in [0.29, 0.717) is 6.10 Å². The number of methoxy groups -OCH3 is 2. The van der Waals surface area contributed by atoms with Crippen molar-refractivity contribution in [2.45, 2.75) is 32.8 Å². The van der Waals surface area contributed by atoms with Gasteiger partial charge in [-0.3, -0.25) is 0 Å². The molecule has 1 aromatic carbocycles. The first-order chi connectivity index (χ1) is 8.17. The summed E-state index contributed by atoms with van der Waals surface area (Å²) in [5, 5.41) is 0. The molecule has 0 unspecified atom stereocenters. The van der Waals surface area contributed by atoms with E-state index in [1.165, 1.54) is 5.56 Å². The smallest absolute Gasteiger partial charge is 0.126 e. The highest BCUT2D eigenvalue weighted by atomic mass is 16.5. The topological polar surface area (TPSA) is 18.5 Å². The van der Waals surface area contributed by atoms with E-state index in [1.54, 1.807) is 14.2 Å². The largest absolute Gasteiger partial charge is 0.496 e. The van der Waals surface area contributed by atoms with E-state index in [4.69, 9.17) is 9.47 Å². The van der Waals surface area contributed by atoms with E-state index in [9.17, 15) is 0 Å². The molecule has 1 aromatic rings. The highest BCUT2D eigenvalue weighted by molar-refractivity contribution is 5.58.